The zero-order valence-corrected chi connectivity index (χ0v) is 17.4. The predicted octanol–water partition coefficient (Wildman–Crippen LogP) is 3.10. The molecule has 1 aromatic carbocycles. The monoisotopic (exact) mass is 384 g/mol. The molecule has 1 N–H and O–H groups in total. The first-order chi connectivity index (χ1) is 12.2. The number of ether oxygens (including phenoxy) is 1. The van der Waals surface area contributed by atoms with E-state index < -0.39 is 10.0 Å². The Hall–Kier alpha value is -1.76. The van der Waals surface area contributed by atoms with Crippen molar-refractivity contribution >= 4 is 21.6 Å². The third kappa shape index (κ3) is 6.86. The second-order valence-corrected chi connectivity index (χ2v) is 8.57. The minimum Gasteiger partial charge on any atom is -0.495 e. The van der Waals surface area contributed by atoms with E-state index >= 15 is 0 Å². The van der Waals surface area contributed by atoms with Gasteiger partial charge in [0.25, 0.3) is 0 Å². The van der Waals surface area contributed by atoms with Crippen molar-refractivity contribution in [3.05, 3.63) is 23.8 Å². The third-order valence-corrected chi connectivity index (χ3v) is 5.55. The van der Waals surface area contributed by atoms with Gasteiger partial charge >= 0.3 is 0 Å². The SMILES string of the molecule is CCCC[C@@H](CC)CNC(=O)CN(c1cc(C)ccc1OC)S(C)(=O)=O. The zero-order chi connectivity index (χ0) is 19.7. The van der Waals surface area contributed by atoms with E-state index in [1.807, 2.05) is 13.0 Å². The molecule has 0 unspecified atom stereocenters. The molecule has 0 aromatic heterocycles. The topological polar surface area (TPSA) is 75.7 Å². The first-order valence-corrected chi connectivity index (χ1v) is 11.0. The van der Waals surface area contributed by atoms with Gasteiger partial charge in [-0.05, 0) is 37.0 Å². The lowest BCUT2D eigenvalue weighted by atomic mass is 9.99. The molecule has 1 atom stereocenters. The molecule has 0 radical (unpaired) electrons. The second-order valence-electron chi connectivity index (χ2n) is 6.67. The number of amides is 1. The first kappa shape index (κ1) is 22.3. The molecular formula is C19H32N2O4S. The van der Waals surface area contributed by atoms with Crippen molar-refractivity contribution in [1.82, 2.24) is 5.32 Å². The van der Waals surface area contributed by atoms with Crippen molar-refractivity contribution in [2.24, 2.45) is 5.92 Å². The number of nitrogens with zero attached hydrogens (tertiary/aromatic N) is 1. The maximum absolute atomic E-state index is 12.4. The number of hydrogen-bond donors (Lipinski definition) is 1. The largest absolute Gasteiger partial charge is 0.495 e. The van der Waals surface area contributed by atoms with Crippen molar-refractivity contribution in [3.63, 3.8) is 0 Å². The third-order valence-electron chi connectivity index (χ3n) is 4.42. The molecule has 0 saturated heterocycles. The first-order valence-electron chi connectivity index (χ1n) is 9.11. The fraction of sp³-hybridized carbons (Fsp3) is 0.632. The molecule has 0 fully saturated rings. The van der Waals surface area contributed by atoms with E-state index in [0.717, 1.165) is 41.8 Å². The number of sulfonamides is 1. The molecule has 148 valence electrons. The average Bonchev–Trinajstić information content (AvgIpc) is 2.58. The number of methoxy groups -OCH3 is 1. The number of benzene rings is 1. The fourth-order valence-corrected chi connectivity index (χ4v) is 3.62. The lowest BCUT2D eigenvalue weighted by Gasteiger charge is -2.24. The van der Waals surface area contributed by atoms with Gasteiger partial charge < -0.3 is 10.1 Å². The smallest absolute Gasteiger partial charge is 0.240 e. The van der Waals surface area contributed by atoms with Gasteiger partial charge in [-0.15, -0.1) is 0 Å². The minimum absolute atomic E-state index is 0.261. The number of carbonyl (C=O) groups is 1. The molecule has 0 aliphatic heterocycles. The van der Waals surface area contributed by atoms with Crippen LogP contribution in [0.1, 0.15) is 45.1 Å². The number of carbonyl (C=O) groups excluding carboxylic acids is 1. The van der Waals surface area contributed by atoms with E-state index in [9.17, 15) is 13.2 Å². The Morgan fingerprint density at radius 2 is 2.00 bits per heavy atom. The summed E-state index contributed by atoms with van der Waals surface area (Å²) in [6.07, 6.45) is 5.40. The van der Waals surface area contributed by atoms with Crippen molar-refractivity contribution in [1.29, 1.82) is 0 Å². The molecule has 1 rings (SSSR count). The van der Waals surface area contributed by atoms with Gasteiger partial charge in [0.1, 0.15) is 12.3 Å². The average molecular weight is 385 g/mol. The maximum Gasteiger partial charge on any atom is 0.240 e. The van der Waals surface area contributed by atoms with Crippen LogP contribution >= 0.6 is 0 Å². The molecule has 0 saturated carbocycles. The number of rotatable bonds is 11. The van der Waals surface area contributed by atoms with Crippen molar-refractivity contribution < 1.29 is 17.9 Å². The fourth-order valence-electron chi connectivity index (χ4n) is 2.76. The van der Waals surface area contributed by atoms with Crippen LogP contribution in [-0.2, 0) is 14.8 Å². The van der Waals surface area contributed by atoms with Crippen LogP contribution in [-0.4, -0.2) is 40.8 Å². The quantitative estimate of drug-likeness (QED) is 0.636. The van der Waals surface area contributed by atoms with E-state index in [-0.39, 0.29) is 12.5 Å². The highest BCUT2D eigenvalue weighted by Crippen LogP contribution is 2.30. The molecule has 1 amide bonds. The van der Waals surface area contributed by atoms with Crippen molar-refractivity contribution in [3.8, 4) is 5.75 Å². The molecule has 6 nitrogen and oxygen atoms in total. The minimum atomic E-state index is -3.63. The number of unbranched alkanes of at least 4 members (excludes halogenated alkanes) is 1. The number of nitrogens with one attached hydrogen (secondary N) is 1. The Bertz CT molecular complexity index is 689. The summed E-state index contributed by atoms with van der Waals surface area (Å²) in [5, 5.41) is 2.88. The Morgan fingerprint density at radius 3 is 2.54 bits per heavy atom. The lowest BCUT2D eigenvalue weighted by Crippen LogP contribution is -2.41. The van der Waals surface area contributed by atoms with E-state index in [4.69, 9.17) is 4.74 Å². The van der Waals surface area contributed by atoms with Crippen LogP contribution < -0.4 is 14.4 Å². The van der Waals surface area contributed by atoms with Crippen molar-refractivity contribution in [2.75, 3.05) is 30.8 Å². The summed E-state index contributed by atoms with van der Waals surface area (Å²) < 4.78 is 30.9. The lowest BCUT2D eigenvalue weighted by molar-refractivity contribution is -0.119. The van der Waals surface area contributed by atoms with E-state index in [2.05, 4.69) is 19.2 Å². The molecule has 7 heteroatoms. The number of anilines is 1. The Balaban J connectivity index is 2.90. The van der Waals surface area contributed by atoms with Gasteiger partial charge in [-0.2, -0.15) is 0 Å². The molecule has 0 bridgehead atoms. The normalized spacial score (nSPS) is 12.5. The van der Waals surface area contributed by atoms with Crippen LogP contribution in [0.25, 0.3) is 0 Å². The highest BCUT2D eigenvalue weighted by Gasteiger charge is 2.24. The highest BCUT2D eigenvalue weighted by atomic mass is 32.2. The summed E-state index contributed by atoms with van der Waals surface area (Å²) in [7, 11) is -2.15. The summed E-state index contributed by atoms with van der Waals surface area (Å²) in [6.45, 7) is 6.42. The van der Waals surface area contributed by atoms with Gasteiger partial charge in [0.2, 0.25) is 15.9 Å². The summed E-state index contributed by atoms with van der Waals surface area (Å²) in [4.78, 5) is 12.4. The van der Waals surface area contributed by atoms with Crippen LogP contribution in [0.4, 0.5) is 5.69 Å². The highest BCUT2D eigenvalue weighted by molar-refractivity contribution is 7.92. The summed E-state index contributed by atoms with van der Waals surface area (Å²) in [6, 6.07) is 5.25. The predicted molar refractivity (Wildman–Crippen MR) is 106 cm³/mol. The summed E-state index contributed by atoms with van der Waals surface area (Å²) in [5.41, 5.74) is 1.27. The van der Waals surface area contributed by atoms with E-state index in [1.165, 1.54) is 7.11 Å². The van der Waals surface area contributed by atoms with Crippen LogP contribution in [0.3, 0.4) is 0 Å². The Morgan fingerprint density at radius 1 is 1.31 bits per heavy atom. The van der Waals surface area contributed by atoms with Gasteiger partial charge in [-0.25, -0.2) is 8.42 Å². The van der Waals surface area contributed by atoms with Crippen LogP contribution in [0.15, 0.2) is 18.2 Å². The van der Waals surface area contributed by atoms with Gasteiger partial charge in [0.05, 0.1) is 19.1 Å². The van der Waals surface area contributed by atoms with E-state index in [1.54, 1.807) is 12.1 Å². The summed E-state index contributed by atoms with van der Waals surface area (Å²) in [5.74, 6) is 0.524. The molecule has 1 aromatic rings. The number of aryl methyl sites for hydroxylation is 1. The Kier molecular flexibility index (Phi) is 8.92. The Labute approximate surface area is 158 Å². The van der Waals surface area contributed by atoms with E-state index in [0.29, 0.717) is 23.9 Å². The number of hydrogen-bond acceptors (Lipinski definition) is 4. The van der Waals surface area contributed by atoms with Crippen LogP contribution in [0.2, 0.25) is 0 Å². The van der Waals surface area contributed by atoms with Gasteiger partial charge in [-0.3, -0.25) is 9.10 Å². The van der Waals surface area contributed by atoms with Crippen molar-refractivity contribution in [2.45, 2.75) is 46.5 Å². The molecule has 0 aliphatic rings. The molecular weight excluding hydrogens is 352 g/mol. The second kappa shape index (κ2) is 10.4. The maximum atomic E-state index is 12.4. The molecule has 0 heterocycles. The van der Waals surface area contributed by atoms with Gasteiger partial charge in [0, 0.05) is 6.54 Å². The molecule has 0 aliphatic carbocycles. The standard InChI is InChI=1S/C19H32N2O4S/c1-6-8-9-16(7-2)13-20-19(22)14-21(26(5,23)24)17-12-15(3)10-11-18(17)25-4/h10-12,16H,6-9,13-14H2,1-5H3,(H,20,22)/t16-/m1/s1. The van der Waals surface area contributed by atoms with Gasteiger partial charge in [-0.1, -0.05) is 39.2 Å². The van der Waals surface area contributed by atoms with Gasteiger partial charge in [0.15, 0.2) is 0 Å². The molecule has 26 heavy (non-hydrogen) atoms. The van der Waals surface area contributed by atoms with Crippen LogP contribution in [0.5, 0.6) is 5.75 Å². The summed E-state index contributed by atoms with van der Waals surface area (Å²) >= 11 is 0. The zero-order valence-electron chi connectivity index (χ0n) is 16.5. The molecule has 0 spiro atoms. The van der Waals surface area contributed by atoms with Crippen LogP contribution in [0, 0.1) is 12.8 Å².